The van der Waals surface area contributed by atoms with Gasteiger partial charge in [-0.1, -0.05) is 25.6 Å². The molecule has 7 nitrogen and oxygen atoms in total. The molecule has 2 unspecified atom stereocenters. The van der Waals surface area contributed by atoms with Gasteiger partial charge < -0.3 is 11.1 Å². The molecule has 0 aliphatic carbocycles. The van der Waals surface area contributed by atoms with Gasteiger partial charge in [-0.2, -0.15) is 0 Å². The summed E-state index contributed by atoms with van der Waals surface area (Å²) >= 11 is 1.46. The van der Waals surface area contributed by atoms with E-state index in [4.69, 9.17) is 5.73 Å². The fourth-order valence-electron chi connectivity index (χ4n) is 1.94. The Bertz CT molecular complexity index is 512. The summed E-state index contributed by atoms with van der Waals surface area (Å²) in [5.41, 5.74) is 4.45. The fourth-order valence-corrected chi connectivity index (χ4v) is 3.11. The Labute approximate surface area is 122 Å². The maximum Gasteiger partial charge on any atom is 0.343 e. The highest BCUT2D eigenvalue weighted by Gasteiger charge is 2.31. The van der Waals surface area contributed by atoms with Gasteiger partial charge in [0.15, 0.2) is 5.16 Å². The lowest BCUT2D eigenvalue weighted by Crippen LogP contribution is -2.52. The minimum atomic E-state index is -0.765. The van der Waals surface area contributed by atoms with Crippen LogP contribution in [0.1, 0.15) is 33.6 Å². The Morgan fingerprint density at radius 2 is 2.30 bits per heavy atom. The molecule has 8 heteroatoms. The van der Waals surface area contributed by atoms with E-state index >= 15 is 0 Å². The van der Waals surface area contributed by atoms with Crippen LogP contribution < -0.4 is 16.7 Å². The molecule has 4 N–H and O–H groups in total. The number of nitrogens with two attached hydrogens (primary N) is 1. The van der Waals surface area contributed by atoms with Gasteiger partial charge in [0, 0.05) is 11.8 Å². The van der Waals surface area contributed by atoms with Crippen LogP contribution in [0.3, 0.4) is 0 Å². The van der Waals surface area contributed by atoms with E-state index in [2.05, 4.69) is 15.5 Å². The monoisotopic (exact) mass is 301 g/mol. The van der Waals surface area contributed by atoms with Crippen LogP contribution in [0.25, 0.3) is 0 Å². The first-order valence-electron chi connectivity index (χ1n) is 6.64. The van der Waals surface area contributed by atoms with E-state index in [0.717, 1.165) is 6.42 Å². The van der Waals surface area contributed by atoms with E-state index < -0.39 is 5.54 Å². The maximum absolute atomic E-state index is 11.6. The second-order valence-corrected chi connectivity index (χ2v) is 6.45. The van der Waals surface area contributed by atoms with Crippen LogP contribution >= 0.6 is 11.8 Å². The third-order valence-electron chi connectivity index (χ3n) is 3.27. The van der Waals surface area contributed by atoms with Gasteiger partial charge in [-0.15, -0.1) is 5.10 Å². The molecule has 2 atom stereocenters. The molecule has 1 heterocycles. The van der Waals surface area contributed by atoms with Crippen molar-refractivity contribution in [3.63, 3.8) is 0 Å². The van der Waals surface area contributed by atoms with E-state index in [-0.39, 0.29) is 16.8 Å². The Morgan fingerprint density at radius 1 is 1.65 bits per heavy atom. The number of hydrogen-bond donors (Lipinski definition) is 3. The Balaban J connectivity index is 2.78. The number of aromatic nitrogens is 3. The van der Waals surface area contributed by atoms with Gasteiger partial charge in [0.2, 0.25) is 5.91 Å². The summed E-state index contributed by atoms with van der Waals surface area (Å²) in [5, 5.41) is 10.2. The SMILES string of the molecule is CCCn1c(SC(C)CC(C)(NC)C(N)=O)n[nH]c1=O. The zero-order valence-electron chi connectivity index (χ0n) is 12.4. The second-order valence-electron chi connectivity index (χ2n) is 5.04. The molecule has 1 rings (SSSR count). The zero-order chi connectivity index (χ0) is 15.3. The number of carbonyl (C=O) groups excluding carboxylic acids is 1. The number of hydrogen-bond acceptors (Lipinski definition) is 5. The molecule has 0 aromatic carbocycles. The van der Waals surface area contributed by atoms with Crippen molar-refractivity contribution in [2.75, 3.05) is 7.05 Å². The fraction of sp³-hybridized carbons (Fsp3) is 0.750. The highest BCUT2D eigenvalue weighted by molar-refractivity contribution is 7.99. The van der Waals surface area contributed by atoms with Crippen molar-refractivity contribution < 1.29 is 4.79 Å². The lowest BCUT2D eigenvalue weighted by Gasteiger charge is -2.28. The van der Waals surface area contributed by atoms with E-state index in [1.165, 1.54) is 11.8 Å². The first-order chi connectivity index (χ1) is 9.34. The Hall–Kier alpha value is -1.28. The summed E-state index contributed by atoms with van der Waals surface area (Å²) in [6.45, 7) is 6.39. The predicted octanol–water partition coefficient (Wildman–Crippen LogP) is 0.316. The number of nitrogens with one attached hydrogen (secondary N) is 2. The van der Waals surface area contributed by atoms with Crippen molar-refractivity contribution in [3.05, 3.63) is 10.5 Å². The van der Waals surface area contributed by atoms with Crippen LogP contribution in [0.15, 0.2) is 9.95 Å². The molecule has 1 aromatic rings. The molecular formula is C12H23N5O2S. The maximum atomic E-state index is 11.6. The van der Waals surface area contributed by atoms with Crippen molar-refractivity contribution in [1.82, 2.24) is 20.1 Å². The van der Waals surface area contributed by atoms with Crippen molar-refractivity contribution in [2.24, 2.45) is 5.73 Å². The van der Waals surface area contributed by atoms with Crippen molar-refractivity contribution in [3.8, 4) is 0 Å². The summed E-state index contributed by atoms with van der Waals surface area (Å²) in [4.78, 5) is 23.1. The molecule has 1 amide bonds. The van der Waals surface area contributed by atoms with E-state index in [1.54, 1.807) is 18.5 Å². The number of amides is 1. The minimum Gasteiger partial charge on any atom is -0.368 e. The van der Waals surface area contributed by atoms with Crippen LogP contribution in [0.2, 0.25) is 0 Å². The number of primary amides is 1. The average Bonchev–Trinajstić information content (AvgIpc) is 2.71. The molecule has 1 aromatic heterocycles. The minimum absolute atomic E-state index is 0.0887. The van der Waals surface area contributed by atoms with Crippen molar-refractivity contribution >= 4 is 17.7 Å². The van der Waals surface area contributed by atoms with E-state index in [1.807, 2.05) is 13.8 Å². The first-order valence-corrected chi connectivity index (χ1v) is 7.52. The first kappa shape index (κ1) is 16.8. The Kier molecular flexibility index (Phi) is 5.82. The molecule has 0 saturated heterocycles. The molecule has 114 valence electrons. The highest BCUT2D eigenvalue weighted by Crippen LogP contribution is 2.26. The smallest absolute Gasteiger partial charge is 0.343 e. The van der Waals surface area contributed by atoms with E-state index in [0.29, 0.717) is 18.1 Å². The predicted molar refractivity (Wildman–Crippen MR) is 79.7 cm³/mol. The molecule has 0 saturated carbocycles. The second kappa shape index (κ2) is 6.94. The third-order valence-corrected chi connectivity index (χ3v) is 4.36. The largest absolute Gasteiger partial charge is 0.368 e. The van der Waals surface area contributed by atoms with Crippen LogP contribution in [-0.2, 0) is 11.3 Å². The van der Waals surface area contributed by atoms with Gasteiger partial charge >= 0.3 is 5.69 Å². The normalized spacial score (nSPS) is 15.8. The number of likely N-dealkylation sites (N-methyl/N-ethyl adjacent to an activating group) is 1. The average molecular weight is 301 g/mol. The lowest BCUT2D eigenvalue weighted by molar-refractivity contribution is -0.123. The summed E-state index contributed by atoms with van der Waals surface area (Å²) in [7, 11) is 1.71. The van der Waals surface area contributed by atoms with Gasteiger partial charge in [0.05, 0.1) is 5.54 Å². The third kappa shape index (κ3) is 3.86. The standard InChI is InChI=1S/C12H23N5O2S/c1-5-6-17-10(19)15-16-11(17)20-8(2)7-12(3,14-4)9(13)18/h8,14H,5-7H2,1-4H3,(H2,13,18)(H,15,19). The lowest BCUT2D eigenvalue weighted by atomic mass is 9.95. The number of aromatic amines is 1. The molecule has 0 aliphatic heterocycles. The summed E-state index contributed by atoms with van der Waals surface area (Å²) in [5.74, 6) is -0.388. The summed E-state index contributed by atoms with van der Waals surface area (Å²) in [6, 6.07) is 0. The Morgan fingerprint density at radius 3 is 2.80 bits per heavy atom. The molecule has 0 fully saturated rings. The summed E-state index contributed by atoms with van der Waals surface area (Å²) < 4.78 is 1.61. The highest BCUT2D eigenvalue weighted by atomic mass is 32.2. The number of thioether (sulfide) groups is 1. The molecule has 0 bridgehead atoms. The van der Waals surface area contributed by atoms with Gasteiger partial charge in [0.25, 0.3) is 0 Å². The molecule has 20 heavy (non-hydrogen) atoms. The van der Waals surface area contributed by atoms with Crippen LogP contribution in [0.4, 0.5) is 0 Å². The van der Waals surface area contributed by atoms with E-state index in [9.17, 15) is 9.59 Å². The molecular weight excluding hydrogens is 278 g/mol. The van der Waals surface area contributed by atoms with Crippen LogP contribution in [-0.4, -0.2) is 38.5 Å². The van der Waals surface area contributed by atoms with Crippen molar-refractivity contribution in [1.29, 1.82) is 0 Å². The molecule has 0 spiro atoms. The van der Waals surface area contributed by atoms with Crippen molar-refractivity contribution in [2.45, 2.75) is 56.1 Å². The van der Waals surface area contributed by atoms with Crippen LogP contribution in [0, 0.1) is 0 Å². The van der Waals surface area contributed by atoms with Gasteiger partial charge in [0.1, 0.15) is 0 Å². The number of carbonyl (C=O) groups is 1. The van der Waals surface area contributed by atoms with Gasteiger partial charge in [-0.25, -0.2) is 9.89 Å². The van der Waals surface area contributed by atoms with Gasteiger partial charge in [-0.05, 0) is 26.8 Å². The zero-order valence-corrected chi connectivity index (χ0v) is 13.2. The number of H-pyrrole nitrogens is 1. The number of nitrogens with zero attached hydrogens (tertiary/aromatic N) is 2. The summed E-state index contributed by atoms with van der Waals surface area (Å²) in [6.07, 6.45) is 1.41. The molecule has 0 radical (unpaired) electrons. The number of rotatable bonds is 8. The topological polar surface area (TPSA) is 106 Å². The quantitative estimate of drug-likeness (QED) is 0.599. The molecule has 0 aliphatic rings. The van der Waals surface area contributed by atoms with Gasteiger partial charge in [-0.3, -0.25) is 9.36 Å². The van der Waals surface area contributed by atoms with Crippen LogP contribution in [0.5, 0.6) is 0 Å².